The van der Waals surface area contributed by atoms with Crippen molar-refractivity contribution in [1.82, 2.24) is 4.90 Å². The molecule has 0 radical (unpaired) electrons. The highest BCUT2D eigenvalue weighted by atomic mass is 16.5. The first-order chi connectivity index (χ1) is 13.8. The normalized spacial score (nSPS) is 18.7. The topological polar surface area (TPSA) is 66.8 Å². The molecule has 1 heterocycles. The van der Waals surface area contributed by atoms with Crippen LogP contribution in [0.15, 0.2) is 54.1 Å². The van der Waals surface area contributed by atoms with Crippen molar-refractivity contribution in [2.45, 2.75) is 39.8 Å². The van der Waals surface area contributed by atoms with Gasteiger partial charge in [0.1, 0.15) is 5.76 Å². The van der Waals surface area contributed by atoms with Crippen LogP contribution >= 0.6 is 0 Å². The van der Waals surface area contributed by atoms with Crippen molar-refractivity contribution in [3.8, 4) is 0 Å². The summed E-state index contributed by atoms with van der Waals surface area (Å²) in [5.74, 6) is -1.43. The zero-order valence-corrected chi connectivity index (χ0v) is 17.3. The third kappa shape index (κ3) is 4.25. The maximum atomic E-state index is 12.9. The van der Waals surface area contributed by atoms with Crippen molar-refractivity contribution in [3.63, 3.8) is 0 Å². The van der Waals surface area contributed by atoms with Gasteiger partial charge in [0.25, 0.3) is 11.7 Å². The number of amides is 1. The van der Waals surface area contributed by atoms with E-state index in [1.54, 1.807) is 6.07 Å². The van der Waals surface area contributed by atoms with Crippen molar-refractivity contribution in [2.75, 3.05) is 13.2 Å². The number of benzene rings is 2. The van der Waals surface area contributed by atoms with Gasteiger partial charge >= 0.3 is 0 Å². The van der Waals surface area contributed by atoms with E-state index in [1.165, 1.54) is 4.90 Å². The number of aliphatic hydroxyl groups is 1. The first-order valence-corrected chi connectivity index (χ1v) is 9.84. The number of carbonyl (C=O) groups excluding carboxylic acids is 2. The molecule has 1 unspecified atom stereocenters. The summed E-state index contributed by atoms with van der Waals surface area (Å²) in [5.41, 5.74) is 3.53. The van der Waals surface area contributed by atoms with Crippen LogP contribution in [0.3, 0.4) is 0 Å². The fourth-order valence-electron chi connectivity index (χ4n) is 3.52. The van der Waals surface area contributed by atoms with Crippen LogP contribution in [0.1, 0.15) is 42.1 Å². The second-order valence-electron chi connectivity index (χ2n) is 7.62. The summed E-state index contributed by atoms with van der Waals surface area (Å²) in [6.07, 6.45) is 0.0255. The van der Waals surface area contributed by atoms with Crippen LogP contribution in [-0.4, -0.2) is 41.0 Å². The molecule has 2 aromatic carbocycles. The molecule has 29 heavy (non-hydrogen) atoms. The van der Waals surface area contributed by atoms with Gasteiger partial charge in [-0.25, -0.2) is 0 Å². The number of nitrogens with zero attached hydrogens (tertiary/aromatic N) is 1. The first-order valence-electron chi connectivity index (χ1n) is 9.84. The van der Waals surface area contributed by atoms with Crippen molar-refractivity contribution < 1.29 is 19.4 Å². The van der Waals surface area contributed by atoms with Gasteiger partial charge in [0, 0.05) is 12.1 Å². The van der Waals surface area contributed by atoms with Crippen molar-refractivity contribution in [1.29, 1.82) is 0 Å². The van der Waals surface area contributed by atoms with Crippen molar-refractivity contribution in [3.05, 3.63) is 76.4 Å². The average Bonchev–Trinajstić information content (AvgIpc) is 2.95. The Morgan fingerprint density at radius 2 is 1.76 bits per heavy atom. The third-order valence-corrected chi connectivity index (χ3v) is 5.22. The number of ketones is 1. The van der Waals surface area contributed by atoms with E-state index in [1.807, 2.05) is 70.2 Å². The summed E-state index contributed by atoms with van der Waals surface area (Å²) in [4.78, 5) is 27.2. The summed E-state index contributed by atoms with van der Waals surface area (Å²) >= 11 is 0. The van der Waals surface area contributed by atoms with E-state index in [2.05, 4.69) is 0 Å². The maximum absolute atomic E-state index is 12.9. The Hall–Kier alpha value is -2.92. The van der Waals surface area contributed by atoms with E-state index in [9.17, 15) is 14.7 Å². The number of rotatable bonds is 6. The molecule has 0 saturated carbocycles. The predicted octanol–water partition coefficient (Wildman–Crippen LogP) is 4.15. The van der Waals surface area contributed by atoms with Gasteiger partial charge in [0.05, 0.1) is 24.3 Å². The van der Waals surface area contributed by atoms with E-state index in [4.69, 9.17) is 4.74 Å². The average molecular weight is 393 g/mol. The zero-order chi connectivity index (χ0) is 21.1. The van der Waals surface area contributed by atoms with Gasteiger partial charge < -0.3 is 14.7 Å². The van der Waals surface area contributed by atoms with Gasteiger partial charge in [-0.2, -0.15) is 0 Å². The minimum atomic E-state index is -0.667. The van der Waals surface area contributed by atoms with Crippen molar-refractivity contribution in [2.24, 2.45) is 0 Å². The van der Waals surface area contributed by atoms with Gasteiger partial charge in [-0.15, -0.1) is 0 Å². The fraction of sp³-hybridized carbons (Fsp3) is 0.333. The molecule has 0 bridgehead atoms. The number of aryl methyl sites for hydroxylation is 2. The van der Waals surface area contributed by atoms with E-state index in [0.29, 0.717) is 12.2 Å². The molecule has 1 aliphatic heterocycles. The number of ether oxygens (including phenoxy) is 1. The molecule has 0 spiro atoms. The minimum Gasteiger partial charge on any atom is -0.507 e. The molecule has 5 heteroatoms. The monoisotopic (exact) mass is 393 g/mol. The van der Waals surface area contributed by atoms with E-state index in [0.717, 1.165) is 16.7 Å². The SMILES string of the molecule is Cc1ccc(/C(O)=C2/C(=O)C(=O)N(CCOC(C)C)C2c2ccccc2)cc1C. The molecular weight excluding hydrogens is 366 g/mol. The van der Waals surface area contributed by atoms with Crippen LogP contribution < -0.4 is 0 Å². The van der Waals surface area contributed by atoms with Gasteiger partial charge in [-0.1, -0.05) is 42.5 Å². The molecular formula is C24H27NO4. The largest absolute Gasteiger partial charge is 0.507 e. The lowest BCUT2D eigenvalue weighted by Crippen LogP contribution is -2.33. The Balaban J connectivity index is 2.09. The summed E-state index contributed by atoms with van der Waals surface area (Å²) < 4.78 is 5.60. The van der Waals surface area contributed by atoms with Gasteiger partial charge in [-0.05, 0) is 50.5 Å². The zero-order valence-electron chi connectivity index (χ0n) is 17.3. The highest BCUT2D eigenvalue weighted by Gasteiger charge is 2.45. The fourth-order valence-corrected chi connectivity index (χ4v) is 3.52. The molecule has 1 N–H and O–H groups in total. The number of Topliss-reactive ketones (excluding diaryl/α,β-unsaturated/α-hetero) is 1. The minimum absolute atomic E-state index is 0.0255. The number of carbonyl (C=O) groups is 2. The number of aliphatic hydroxyl groups excluding tert-OH is 1. The Morgan fingerprint density at radius 1 is 1.07 bits per heavy atom. The summed E-state index contributed by atoms with van der Waals surface area (Å²) in [6.45, 7) is 8.36. The number of hydrogen-bond donors (Lipinski definition) is 1. The van der Waals surface area contributed by atoms with Crippen LogP contribution in [0, 0.1) is 13.8 Å². The molecule has 0 aliphatic carbocycles. The molecule has 152 valence electrons. The quantitative estimate of drug-likeness (QED) is 0.455. The second-order valence-corrected chi connectivity index (χ2v) is 7.62. The van der Waals surface area contributed by atoms with E-state index >= 15 is 0 Å². The lowest BCUT2D eigenvalue weighted by Gasteiger charge is -2.25. The van der Waals surface area contributed by atoms with Gasteiger partial charge in [0.2, 0.25) is 0 Å². The lowest BCUT2D eigenvalue weighted by molar-refractivity contribution is -0.140. The number of hydrogen-bond acceptors (Lipinski definition) is 4. The molecule has 1 saturated heterocycles. The van der Waals surface area contributed by atoms with Gasteiger partial charge in [0.15, 0.2) is 0 Å². The second kappa shape index (κ2) is 8.62. The molecule has 1 atom stereocenters. The summed E-state index contributed by atoms with van der Waals surface area (Å²) in [6, 6.07) is 14.2. The Labute approximate surface area is 171 Å². The molecule has 0 aromatic heterocycles. The van der Waals surface area contributed by atoms with Crippen LogP contribution in [0.5, 0.6) is 0 Å². The smallest absolute Gasteiger partial charge is 0.295 e. The Kier molecular flexibility index (Phi) is 6.18. The highest BCUT2D eigenvalue weighted by Crippen LogP contribution is 2.39. The Morgan fingerprint density at radius 3 is 2.38 bits per heavy atom. The standard InChI is InChI=1S/C24H27NO4/c1-15(2)29-13-12-25-21(18-8-6-5-7-9-18)20(23(27)24(25)28)22(26)19-11-10-16(3)17(4)14-19/h5-11,14-15,21,26H,12-13H2,1-4H3/b22-20-. The molecule has 5 nitrogen and oxygen atoms in total. The molecule has 3 rings (SSSR count). The predicted molar refractivity (Wildman–Crippen MR) is 112 cm³/mol. The molecule has 1 amide bonds. The van der Waals surface area contributed by atoms with E-state index < -0.39 is 17.7 Å². The van der Waals surface area contributed by atoms with Crippen LogP contribution in [-0.2, 0) is 14.3 Å². The maximum Gasteiger partial charge on any atom is 0.295 e. The van der Waals surface area contributed by atoms with Crippen LogP contribution in [0.4, 0.5) is 0 Å². The Bertz CT molecular complexity index is 947. The lowest BCUT2D eigenvalue weighted by atomic mass is 9.94. The number of likely N-dealkylation sites (tertiary alicyclic amines) is 1. The van der Waals surface area contributed by atoms with Gasteiger partial charge in [-0.3, -0.25) is 9.59 Å². The van der Waals surface area contributed by atoms with Crippen molar-refractivity contribution >= 4 is 17.4 Å². The summed E-state index contributed by atoms with van der Waals surface area (Å²) in [7, 11) is 0. The summed E-state index contributed by atoms with van der Waals surface area (Å²) in [5, 5.41) is 11.0. The molecule has 2 aromatic rings. The van der Waals surface area contributed by atoms with Crippen LogP contribution in [0.2, 0.25) is 0 Å². The molecule has 1 fully saturated rings. The first kappa shape index (κ1) is 20.8. The third-order valence-electron chi connectivity index (χ3n) is 5.22. The van der Waals surface area contributed by atoms with Crippen LogP contribution in [0.25, 0.3) is 5.76 Å². The highest BCUT2D eigenvalue weighted by molar-refractivity contribution is 6.46. The van der Waals surface area contributed by atoms with E-state index in [-0.39, 0.29) is 24.0 Å². The molecule has 1 aliphatic rings.